The van der Waals surface area contributed by atoms with Crippen LogP contribution in [0.5, 0.6) is 5.75 Å². The second kappa shape index (κ2) is 6.06. The Morgan fingerprint density at radius 1 is 1.29 bits per heavy atom. The van der Waals surface area contributed by atoms with E-state index in [1.807, 2.05) is 12.1 Å². The molecule has 0 saturated heterocycles. The van der Waals surface area contributed by atoms with E-state index >= 15 is 0 Å². The zero-order chi connectivity index (χ0) is 12.1. The van der Waals surface area contributed by atoms with Gasteiger partial charge in [0.25, 0.3) is 0 Å². The van der Waals surface area contributed by atoms with Crippen molar-refractivity contribution in [3.63, 3.8) is 0 Å². The maximum atomic E-state index is 5.15. The minimum Gasteiger partial charge on any atom is -0.497 e. The van der Waals surface area contributed by atoms with Crippen LogP contribution in [0, 0.1) is 5.92 Å². The first kappa shape index (κ1) is 12.4. The fourth-order valence-electron chi connectivity index (χ4n) is 2.34. The number of benzene rings is 1. The van der Waals surface area contributed by atoms with Crippen molar-refractivity contribution in [2.24, 2.45) is 5.92 Å². The molecule has 1 aliphatic rings. The number of ether oxygens (including phenoxy) is 1. The maximum absolute atomic E-state index is 5.15. The third-order valence-corrected chi connectivity index (χ3v) is 3.90. The Labute approximate surface area is 104 Å². The van der Waals surface area contributed by atoms with Crippen LogP contribution in [0.2, 0.25) is 0 Å². The topological polar surface area (TPSA) is 21.3 Å². The summed E-state index contributed by atoms with van der Waals surface area (Å²) in [6.45, 7) is 3.39. The van der Waals surface area contributed by atoms with Crippen LogP contribution in [0.1, 0.15) is 31.7 Å². The number of hydrogen-bond donors (Lipinski definition) is 1. The van der Waals surface area contributed by atoms with E-state index in [9.17, 15) is 0 Å². The molecule has 0 amide bonds. The Morgan fingerprint density at radius 2 is 2.00 bits per heavy atom. The molecule has 1 unspecified atom stereocenters. The predicted molar refractivity (Wildman–Crippen MR) is 71.5 cm³/mol. The fourth-order valence-corrected chi connectivity index (χ4v) is 2.34. The highest BCUT2D eigenvalue weighted by Gasteiger charge is 2.22. The van der Waals surface area contributed by atoms with E-state index in [0.717, 1.165) is 24.6 Å². The normalized spacial score (nSPS) is 17.5. The molecule has 2 rings (SSSR count). The van der Waals surface area contributed by atoms with Gasteiger partial charge in [-0.3, -0.25) is 0 Å². The van der Waals surface area contributed by atoms with E-state index in [1.54, 1.807) is 7.11 Å². The smallest absolute Gasteiger partial charge is 0.118 e. The Morgan fingerprint density at radius 3 is 2.53 bits per heavy atom. The molecule has 1 aliphatic carbocycles. The first-order valence-corrected chi connectivity index (χ1v) is 6.66. The molecule has 1 saturated carbocycles. The Kier molecular flexibility index (Phi) is 4.43. The summed E-state index contributed by atoms with van der Waals surface area (Å²) in [6.07, 6.45) is 5.35. The van der Waals surface area contributed by atoms with Crippen molar-refractivity contribution in [2.45, 2.75) is 38.6 Å². The van der Waals surface area contributed by atoms with E-state index in [2.05, 4.69) is 24.4 Å². The summed E-state index contributed by atoms with van der Waals surface area (Å²) in [5.41, 5.74) is 1.37. The maximum Gasteiger partial charge on any atom is 0.118 e. The van der Waals surface area contributed by atoms with Gasteiger partial charge >= 0.3 is 0 Å². The van der Waals surface area contributed by atoms with Crippen molar-refractivity contribution < 1.29 is 4.74 Å². The Hall–Kier alpha value is -1.02. The van der Waals surface area contributed by atoms with E-state index in [1.165, 1.54) is 24.8 Å². The highest BCUT2D eigenvalue weighted by Crippen LogP contribution is 2.29. The first-order valence-electron chi connectivity index (χ1n) is 6.66. The zero-order valence-corrected chi connectivity index (χ0v) is 10.9. The van der Waals surface area contributed by atoms with Crippen LogP contribution in [0.25, 0.3) is 0 Å². The summed E-state index contributed by atoms with van der Waals surface area (Å²) in [6, 6.07) is 9.04. The van der Waals surface area contributed by atoms with Crippen LogP contribution in [-0.4, -0.2) is 19.7 Å². The van der Waals surface area contributed by atoms with Gasteiger partial charge < -0.3 is 10.1 Å². The summed E-state index contributed by atoms with van der Waals surface area (Å²) < 4.78 is 5.15. The molecule has 0 bridgehead atoms. The third-order valence-electron chi connectivity index (χ3n) is 3.90. The van der Waals surface area contributed by atoms with E-state index < -0.39 is 0 Å². The molecular formula is C15H23NO. The number of hydrogen-bond acceptors (Lipinski definition) is 2. The first-order chi connectivity index (χ1) is 8.29. The second-order valence-electron chi connectivity index (χ2n) is 5.03. The van der Waals surface area contributed by atoms with Crippen molar-refractivity contribution in [2.75, 3.05) is 13.7 Å². The molecule has 94 valence electrons. The largest absolute Gasteiger partial charge is 0.497 e. The van der Waals surface area contributed by atoms with Crippen LogP contribution in [0.4, 0.5) is 0 Å². The lowest BCUT2D eigenvalue weighted by Gasteiger charge is -2.32. The molecule has 1 atom stereocenters. The molecule has 17 heavy (non-hydrogen) atoms. The van der Waals surface area contributed by atoms with Gasteiger partial charge in [-0.05, 0) is 56.3 Å². The number of nitrogens with one attached hydrogen (secondary N) is 1. The summed E-state index contributed by atoms with van der Waals surface area (Å²) in [7, 11) is 1.71. The van der Waals surface area contributed by atoms with Crippen LogP contribution >= 0.6 is 0 Å². The lowest BCUT2D eigenvalue weighted by molar-refractivity contribution is 0.242. The van der Waals surface area contributed by atoms with Crippen molar-refractivity contribution >= 4 is 0 Å². The summed E-state index contributed by atoms with van der Waals surface area (Å²) in [5, 5.41) is 3.63. The average Bonchev–Trinajstić information content (AvgIpc) is 2.27. The number of rotatable bonds is 6. The van der Waals surface area contributed by atoms with Gasteiger partial charge in [0.05, 0.1) is 7.11 Å². The molecule has 0 heterocycles. The third kappa shape index (κ3) is 3.47. The van der Waals surface area contributed by atoms with E-state index in [4.69, 9.17) is 4.74 Å². The van der Waals surface area contributed by atoms with Crippen molar-refractivity contribution in [1.29, 1.82) is 0 Å². The molecule has 1 aromatic rings. The molecule has 2 nitrogen and oxygen atoms in total. The van der Waals surface area contributed by atoms with Crippen LogP contribution < -0.4 is 10.1 Å². The monoisotopic (exact) mass is 233 g/mol. The molecular weight excluding hydrogens is 210 g/mol. The van der Waals surface area contributed by atoms with Gasteiger partial charge in [-0.2, -0.15) is 0 Å². The van der Waals surface area contributed by atoms with Crippen molar-refractivity contribution in [3.8, 4) is 5.75 Å². The van der Waals surface area contributed by atoms with E-state index in [-0.39, 0.29) is 0 Å². The van der Waals surface area contributed by atoms with Gasteiger partial charge in [-0.15, -0.1) is 0 Å². The van der Waals surface area contributed by atoms with Crippen molar-refractivity contribution in [1.82, 2.24) is 5.32 Å². The molecule has 0 aromatic heterocycles. The predicted octanol–water partition coefficient (Wildman–Crippen LogP) is 3.02. The van der Waals surface area contributed by atoms with Crippen molar-refractivity contribution in [3.05, 3.63) is 29.8 Å². The number of methoxy groups -OCH3 is 1. The molecule has 1 aromatic carbocycles. The van der Waals surface area contributed by atoms with E-state index in [0.29, 0.717) is 6.04 Å². The molecule has 0 radical (unpaired) electrons. The summed E-state index contributed by atoms with van der Waals surface area (Å²) in [4.78, 5) is 0. The lowest BCUT2D eigenvalue weighted by Crippen LogP contribution is -2.38. The minimum absolute atomic E-state index is 0.682. The highest BCUT2D eigenvalue weighted by molar-refractivity contribution is 5.27. The van der Waals surface area contributed by atoms with Gasteiger partial charge in [0.1, 0.15) is 5.75 Å². The Balaban J connectivity index is 1.69. The SMILES string of the molecule is COc1ccc(CCNC(C)C2CCC2)cc1. The highest BCUT2D eigenvalue weighted by atomic mass is 16.5. The van der Waals surface area contributed by atoms with Gasteiger partial charge in [0.2, 0.25) is 0 Å². The van der Waals surface area contributed by atoms with Gasteiger partial charge in [0.15, 0.2) is 0 Å². The van der Waals surface area contributed by atoms with Gasteiger partial charge in [-0.1, -0.05) is 18.6 Å². The standard InChI is InChI=1S/C15H23NO/c1-12(14-4-3-5-14)16-11-10-13-6-8-15(17-2)9-7-13/h6-9,12,14,16H,3-5,10-11H2,1-2H3. The van der Waals surface area contributed by atoms with Gasteiger partial charge in [-0.25, -0.2) is 0 Å². The second-order valence-corrected chi connectivity index (χ2v) is 5.03. The summed E-state index contributed by atoms with van der Waals surface area (Å²) in [5.74, 6) is 1.86. The molecule has 1 N–H and O–H groups in total. The van der Waals surface area contributed by atoms with Gasteiger partial charge in [0, 0.05) is 6.04 Å². The fraction of sp³-hybridized carbons (Fsp3) is 0.600. The summed E-state index contributed by atoms with van der Waals surface area (Å²) >= 11 is 0. The quantitative estimate of drug-likeness (QED) is 0.815. The van der Waals surface area contributed by atoms with Crippen LogP contribution in [-0.2, 0) is 6.42 Å². The molecule has 2 heteroatoms. The van der Waals surface area contributed by atoms with Crippen LogP contribution in [0.3, 0.4) is 0 Å². The Bertz CT molecular complexity index is 329. The lowest BCUT2D eigenvalue weighted by atomic mass is 9.80. The minimum atomic E-state index is 0.682. The molecule has 1 fully saturated rings. The molecule has 0 aliphatic heterocycles. The zero-order valence-electron chi connectivity index (χ0n) is 10.9. The average molecular weight is 233 g/mol. The van der Waals surface area contributed by atoms with Crippen LogP contribution in [0.15, 0.2) is 24.3 Å². The molecule has 0 spiro atoms.